The van der Waals surface area contributed by atoms with Crippen LogP contribution >= 0.6 is 0 Å². The van der Waals surface area contributed by atoms with Gasteiger partial charge in [0, 0.05) is 13.7 Å². The van der Waals surface area contributed by atoms with Crippen molar-refractivity contribution < 1.29 is 19.4 Å². The summed E-state index contributed by atoms with van der Waals surface area (Å²) in [4.78, 5) is 13.5. The van der Waals surface area contributed by atoms with Gasteiger partial charge in [0.05, 0.1) is 24.9 Å². The van der Waals surface area contributed by atoms with Gasteiger partial charge in [-0.15, -0.1) is 0 Å². The van der Waals surface area contributed by atoms with E-state index < -0.39 is 11.6 Å². The van der Waals surface area contributed by atoms with Crippen molar-refractivity contribution in [3.05, 3.63) is 0 Å². The Labute approximate surface area is 96.3 Å². The minimum Gasteiger partial charge on any atom is -0.391 e. The lowest BCUT2D eigenvalue weighted by Crippen LogP contribution is -2.49. The van der Waals surface area contributed by atoms with Crippen LogP contribution in [0.2, 0.25) is 0 Å². The van der Waals surface area contributed by atoms with E-state index in [1.165, 1.54) is 0 Å². The predicted molar refractivity (Wildman–Crippen MR) is 59.1 cm³/mol. The second-order valence-electron chi connectivity index (χ2n) is 4.55. The van der Waals surface area contributed by atoms with Gasteiger partial charge in [0.2, 0.25) is 5.91 Å². The van der Waals surface area contributed by atoms with Gasteiger partial charge in [0.15, 0.2) is 0 Å². The third-order valence-corrected chi connectivity index (χ3v) is 3.10. The van der Waals surface area contributed by atoms with Crippen LogP contribution in [0, 0.1) is 0 Å². The molecule has 1 rings (SSSR count). The summed E-state index contributed by atoms with van der Waals surface area (Å²) in [6, 6.07) is 0. The molecule has 1 atom stereocenters. The molecule has 16 heavy (non-hydrogen) atoms. The molecule has 1 aliphatic heterocycles. The minimum absolute atomic E-state index is 0.0551. The lowest BCUT2D eigenvalue weighted by molar-refractivity contribution is -0.141. The number of carbonyl (C=O) groups excluding carboxylic acids is 1. The molecular weight excluding hydrogens is 210 g/mol. The molecule has 0 bridgehead atoms. The van der Waals surface area contributed by atoms with Crippen molar-refractivity contribution in [3.8, 4) is 0 Å². The lowest BCUT2D eigenvalue weighted by Gasteiger charge is -2.33. The molecule has 0 spiro atoms. The van der Waals surface area contributed by atoms with Crippen molar-refractivity contribution in [2.75, 3.05) is 33.5 Å². The van der Waals surface area contributed by atoms with E-state index in [9.17, 15) is 9.90 Å². The SMILES string of the molecule is COCCOCC(=O)N1CCC(O)C1(C)C. The van der Waals surface area contributed by atoms with Gasteiger partial charge in [-0.05, 0) is 20.3 Å². The van der Waals surface area contributed by atoms with Crippen molar-refractivity contribution in [1.29, 1.82) is 0 Å². The van der Waals surface area contributed by atoms with Crippen LogP contribution < -0.4 is 0 Å². The maximum absolute atomic E-state index is 11.8. The third-order valence-electron chi connectivity index (χ3n) is 3.10. The molecule has 1 heterocycles. The Bertz CT molecular complexity index is 242. The van der Waals surface area contributed by atoms with Gasteiger partial charge < -0.3 is 19.5 Å². The molecule has 1 fully saturated rings. The molecule has 0 aromatic carbocycles. The second-order valence-corrected chi connectivity index (χ2v) is 4.55. The number of hydrogen-bond donors (Lipinski definition) is 1. The Balaban J connectivity index is 2.37. The van der Waals surface area contributed by atoms with Crippen molar-refractivity contribution in [2.24, 2.45) is 0 Å². The summed E-state index contributed by atoms with van der Waals surface area (Å²) in [6.45, 7) is 5.30. The first-order valence-electron chi connectivity index (χ1n) is 5.55. The molecule has 94 valence electrons. The number of methoxy groups -OCH3 is 1. The molecule has 5 nitrogen and oxygen atoms in total. The Morgan fingerprint density at radius 2 is 2.19 bits per heavy atom. The molecule has 0 aromatic rings. The molecular formula is C11H21NO4. The Hall–Kier alpha value is -0.650. The van der Waals surface area contributed by atoms with Gasteiger partial charge in [-0.3, -0.25) is 4.79 Å². The molecule has 0 aliphatic carbocycles. The van der Waals surface area contributed by atoms with E-state index >= 15 is 0 Å². The van der Waals surface area contributed by atoms with Crippen LogP contribution in [0.15, 0.2) is 0 Å². The smallest absolute Gasteiger partial charge is 0.249 e. The summed E-state index contributed by atoms with van der Waals surface area (Å²) in [6.07, 6.45) is 0.187. The first-order chi connectivity index (χ1) is 7.50. The number of ether oxygens (including phenoxy) is 2. The van der Waals surface area contributed by atoms with E-state index in [0.29, 0.717) is 26.2 Å². The standard InChI is InChI=1S/C11H21NO4/c1-11(2)9(13)4-5-12(11)10(14)8-16-7-6-15-3/h9,13H,4-8H2,1-3H3. The number of rotatable bonds is 5. The Morgan fingerprint density at radius 1 is 1.50 bits per heavy atom. The van der Waals surface area contributed by atoms with Gasteiger partial charge in [0.25, 0.3) is 0 Å². The van der Waals surface area contributed by atoms with E-state index in [0.717, 1.165) is 0 Å². The summed E-state index contributed by atoms with van der Waals surface area (Å²) in [5, 5.41) is 9.73. The molecule has 0 saturated carbocycles. The number of aliphatic hydroxyl groups is 1. The number of hydrogen-bond acceptors (Lipinski definition) is 4. The van der Waals surface area contributed by atoms with Gasteiger partial charge in [-0.25, -0.2) is 0 Å². The fourth-order valence-electron chi connectivity index (χ4n) is 1.90. The summed E-state index contributed by atoms with van der Waals surface area (Å²) < 4.78 is 10.00. The zero-order valence-corrected chi connectivity index (χ0v) is 10.2. The van der Waals surface area contributed by atoms with E-state index in [-0.39, 0.29) is 12.5 Å². The average Bonchev–Trinajstić information content (AvgIpc) is 2.49. The van der Waals surface area contributed by atoms with E-state index in [4.69, 9.17) is 9.47 Å². The van der Waals surface area contributed by atoms with Crippen LogP contribution in [0.1, 0.15) is 20.3 Å². The monoisotopic (exact) mass is 231 g/mol. The number of aliphatic hydroxyl groups excluding tert-OH is 1. The largest absolute Gasteiger partial charge is 0.391 e. The second kappa shape index (κ2) is 5.61. The molecule has 1 unspecified atom stereocenters. The van der Waals surface area contributed by atoms with Crippen molar-refractivity contribution in [3.63, 3.8) is 0 Å². The zero-order valence-electron chi connectivity index (χ0n) is 10.2. The number of amides is 1. The molecule has 1 saturated heterocycles. The summed E-state index contributed by atoms with van der Waals surface area (Å²) in [5.74, 6) is -0.0716. The first kappa shape index (κ1) is 13.4. The number of nitrogens with zero attached hydrogens (tertiary/aromatic N) is 1. The van der Waals surface area contributed by atoms with Crippen molar-refractivity contribution in [1.82, 2.24) is 4.90 Å². The third kappa shape index (κ3) is 2.93. The number of carbonyl (C=O) groups is 1. The Morgan fingerprint density at radius 3 is 2.69 bits per heavy atom. The average molecular weight is 231 g/mol. The maximum atomic E-state index is 11.8. The van der Waals surface area contributed by atoms with Crippen molar-refractivity contribution in [2.45, 2.75) is 31.9 Å². The van der Waals surface area contributed by atoms with Crippen LogP contribution in [0.4, 0.5) is 0 Å². The maximum Gasteiger partial charge on any atom is 0.249 e. The molecule has 0 radical (unpaired) electrons. The Kier molecular flexibility index (Phi) is 4.70. The van der Waals surface area contributed by atoms with E-state index in [1.54, 1.807) is 12.0 Å². The van der Waals surface area contributed by atoms with Gasteiger partial charge >= 0.3 is 0 Å². The molecule has 5 heteroatoms. The fourth-order valence-corrected chi connectivity index (χ4v) is 1.90. The lowest BCUT2D eigenvalue weighted by atomic mass is 9.99. The van der Waals surface area contributed by atoms with Gasteiger partial charge in [-0.1, -0.05) is 0 Å². The summed E-state index contributed by atoms with van der Waals surface area (Å²) >= 11 is 0. The van der Waals surface area contributed by atoms with E-state index in [2.05, 4.69) is 0 Å². The summed E-state index contributed by atoms with van der Waals surface area (Å²) in [7, 11) is 1.59. The predicted octanol–water partition coefficient (Wildman–Crippen LogP) is 0.0212. The molecule has 1 aliphatic rings. The highest BCUT2D eigenvalue weighted by molar-refractivity contribution is 5.78. The molecule has 1 N–H and O–H groups in total. The van der Waals surface area contributed by atoms with Crippen LogP contribution in [0.25, 0.3) is 0 Å². The highest BCUT2D eigenvalue weighted by Crippen LogP contribution is 2.28. The zero-order chi connectivity index (χ0) is 12.2. The van der Waals surface area contributed by atoms with Crippen LogP contribution in [-0.4, -0.2) is 61.0 Å². The topological polar surface area (TPSA) is 59.0 Å². The normalized spacial score (nSPS) is 23.8. The quantitative estimate of drug-likeness (QED) is 0.678. The summed E-state index contributed by atoms with van der Waals surface area (Å²) in [5.41, 5.74) is -0.484. The van der Waals surface area contributed by atoms with Gasteiger partial charge in [-0.2, -0.15) is 0 Å². The van der Waals surface area contributed by atoms with Crippen molar-refractivity contribution >= 4 is 5.91 Å². The van der Waals surface area contributed by atoms with E-state index in [1.807, 2.05) is 13.8 Å². The minimum atomic E-state index is -0.484. The highest BCUT2D eigenvalue weighted by Gasteiger charge is 2.42. The van der Waals surface area contributed by atoms with Crippen LogP contribution in [0.3, 0.4) is 0 Å². The van der Waals surface area contributed by atoms with Crippen LogP contribution in [-0.2, 0) is 14.3 Å². The first-order valence-corrected chi connectivity index (χ1v) is 5.55. The van der Waals surface area contributed by atoms with Crippen LogP contribution in [0.5, 0.6) is 0 Å². The molecule has 1 amide bonds. The number of likely N-dealkylation sites (tertiary alicyclic amines) is 1. The fraction of sp³-hybridized carbons (Fsp3) is 0.909. The molecule has 0 aromatic heterocycles. The van der Waals surface area contributed by atoms with Gasteiger partial charge in [0.1, 0.15) is 6.61 Å². The highest BCUT2D eigenvalue weighted by atomic mass is 16.5.